The van der Waals surface area contributed by atoms with Gasteiger partial charge in [-0.1, -0.05) is 49.4 Å². The van der Waals surface area contributed by atoms with Gasteiger partial charge in [-0.15, -0.1) is 0 Å². The summed E-state index contributed by atoms with van der Waals surface area (Å²) >= 11 is 2.23. The third-order valence-electron chi connectivity index (χ3n) is 9.11. The van der Waals surface area contributed by atoms with E-state index in [4.69, 9.17) is 4.74 Å². The van der Waals surface area contributed by atoms with Gasteiger partial charge in [0.2, 0.25) is 14.3 Å². The first-order chi connectivity index (χ1) is 19.6. The molecule has 0 bridgehead atoms. The second kappa shape index (κ2) is 10.6. The largest absolute Gasteiger partial charge is 0.394 e. The van der Waals surface area contributed by atoms with Crippen LogP contribution >= 0.6 is 22.6 Å². The zero-order valence-corrected chi connectivity index (χ0v) is 26.5. The van der Waals surface area contributed by atoms with Crippen LogP contribution in [0, 0.1) is 9.49 Å². The standard InChI is InChI=1S/C32H34FIN2O4Si/c1-20-30(41(2,3)33)28(17-29(38)35-18-22-10-8-7-9-21(22)15-25(35)19-37)40-32(20)26-16-23(34)13-14-27(26)36(31(32)39)24-11-5-4-6-12-24/h4-14,16,20,25,28,30,37H,15,17-19H2,1-3H3/t20-,25+,28+,30-,32+/m1/s1. The van der Waals surface area contributed by atoms with E-state index in [1.807, 2.05) is 79.7 Å². The topological polar surface area (TPSA) is 70.1 Å². The van der Waals surface area contributed by atoms with Gasteiger partial charge in [0.25, 0.3) is 5.91 Å². The SMILES string of the molecule is C[C@@H]1[C@@H]([Si](C)(C)F)[C@H](CC(=O)N2Cc3ccccc3C[C@H]2CO)O[C@@]12C(=O)N(c1ccccc1)c1ccc(I)cc12. The maximum absolute atomic E-state index is 16.2. The Hall–Kier alpha value is -2.60. The molecule has 3 aromatic rings. The monoisotopic (exact) mass is 684 g/mol. The summed E-state index contributed by atoms with van der Waals surface area (Å²) in [6.07, 6.45) is -0.257. The zero-order chi connectivity index (χ0) is 29.1. The average Bonchev–Trinajstić information content (AvgIpc) is 3.38. The van der Waals surface area contributed by atoms with E-state index < -0.39 is 31.6 Å². The predicted molar refractivity (Wildman–Crippen MR) is 167 cm³/mol. The third-order valence-corrected chi connectivity index (χ3v) is 12.2. The molecule has 3 aliphatic heterocycles. The number of amides is 2. The van der Waals surface area contributed by atoms with Gasteiger partial charge >= 0.3 is 0 Å². The van der Waals surface area contributed by atoms with Crippen molar-refractivity contribution in [3.05, 3.63) is 93.1 Å². The molecule has 3 aliphatic rings. The van der Waals surface area contributed by atoms with Crippen molar-refractivity contribution in [3.8, 4) is 0 Å². The normalized spacial score (nSPS) is 27.3. The lowest BCUT2D eigenvalue weighted by Crippen LogP contribution is -2.48. The van der Waals surface area contributed by atoms with Crippen LogP contribution in [-0.4, -0.2) is 49.0 Å². The Morgan fingerprint density at radius 3 is 2.46 bits per heavy atom. The van der Waals surface area contributed by atoms with Gasteiger partial charge < -0.3 is 18.9 Å². The summed E-state index contributed by atoms with van der Waals surface area (Å²) in [4.78, 5) is 31.8. The Balaban J connectivity index is 1.38. The van der Waals surface area contributed by atoms with E-state index >= 15 is 4.11 Å². The second-order valence-electron chi connectivity index (χ2n) is 11.9. The molecule has 0 aromatic heterocycles. The molecular formula is C32H34FIN2O4Si. The van der Waals surface area contributed by atoms with E-state index in [1.165, 1.54) is 0 Å². The Morgan fingerprint density at radius 2 is 1.78 bits per heavy atom. The van der Waals surface area contributed by atoms with Gasteiger partial charge in [0.05, 0.1) is 30.9 Å². The van der Waals surface area contributed by atoms with Gasteiger partial charge in [-0.25, -0.2) is 0 Å². The first-order valence-electron chi connectivity index (χ1n) is 14.1. The number of carbonyl (C=O) groups excluding carboxylic acids is 2. The number of carbonyl (C=O) groups is 2. The summed E-state index contributed by atoms with van der Waals surface area (Å²) in [5, 5.41) is 10.2. The number of fused-ring (bicyclic) bond motifs is 3. The van der Waals surface area contributed by atoms with Crippen LogP contribution in [-0.2, 0) is 32.9 Å². The van der Waals surface area contributed by atoms with Crippen LogP contribution in [0.4, 0.5) is 15.5 Å². The summed E-state index contributed by atoms with van der Waals surface area (Å²) in [6, 6.07) is 22.9. The highest BCUT2D eigenvalue weighted by Gasteiger charge is 2.67. The van der Waals surface area contributed by atoms with Gasteiger partial charge in [0, 0.05) is 32.8 Å². The molecule has 0 radical (unpaired) electrons. The molecule has 0 unspecified atom stereocenters. The molecule has 2 amide bonds. The molecule has 6 nitrogen and oxygen atoms in total. The number of benzene rings is 3. The van der Waals surface area contributed by atoms with E-state index in [0.717, 1.165) is 31.6 Å². The van der Waals surface area contributed by atoms with Crippen molar-refractivity contribution < 1.29 is 23.5 Å². The Bertz CT molecular complexity index is 1500. The quantitative estimate of drug-likeness (QED) is 0.201. The lowest BCUT2D eigenvalue weighted by molar-refractivity contribution is -0.150. The summed E-state index contributed by atoms with van der Waals surface area (Å²) in [5.74, 6) is -0.920. The van der Waals surface area contributed by atoms with Crippen molar-refractivity contribution in [3.63, 3.8) is 0 Å². The molecular weight excluding hydrogens is 650 g/mol. The van der Waals surface area contributed by atoms with Crippen molar-refractivity contribution in [2.45, 2.75) is 62.7 Å². The number of anilines is 2. The van der Waals surface area contributed by atoms with Crippen molar-refractivity contribution in [1.29, 1.82) is 0 Å². The van der Waals surface area contributed by atoms with Crippen LogP contribution in [0.25, 0.3) is 0 Å². The molecule has 9 heteroatoms. The fourth-order valence-electron chi connectivity index (χ4n) is 7.31. The van der Waals surface area contributed by atoms with Gasteiger partial charge in [-0.3, -0.25) is 14.5 Å². The molecule has 0 aliphatic carbocycles. The number of aliphatic hydroxyl groups is 1. The summed E-state index contributed by atoms with van der Waals surface area (Å²) in [5.41, 5.74) is 2.37. The molecule has 6 rings (SSSR count). The molecule has 1 N–H and O–H groups in total. The lowest BCUT2D eigenvalue weighted by atomic mass is 9.82. The van der Waals surface area contributed by atoms with Crippen LogP contribution in [0.2, 0.25) is 18.6 Å². The Kier molecular flexibility index (Phi) is 7.36. The number of nitrogens with zero attached hydrogens (tertiary/aromatic N) is 2. The second-order valence-corrected chi connectivity index (χ2v) is 17.0. The lowest BCUT2D eigenvalue weighted by Gasteiger charge is -2.37. The van der Waals surface area contributed by atoms with Crippen molar-refractivity contribution in [2.75, 3.05) is 11.5 Å². The minimum Gasteiger partial charge on any atom is -0.394 e. The minimum atomic E-state index is -3.43. The number of para-hydroxylation sites is 1. The molecule has 1 saturated heterocycles. The van der Waals surface area contributed by atoms with Crippen molar-refractivity contribution >= 4 is 54.2 Å². The number of hydrogen-bond acceptors (Lipinski definition) is 4. The van der Waals surface area contributed by atoms with Gasteiger partial charge in [-0.2, -0.15) is 0 Å². The fourth-order valence-corrected chi connectivity index (χ4v) is 10.3. The number of rotatable bonds is 5. The maximum atomic E-state index is 16.2. The highest BCUT2D eigenvalue weighted by Crippen LogP contribution is 2.61. The third kappa shape index (κ3) is 4.65. The highest BCUT2D eigenvalue weighted by atomic mass is 127. The Morgan fingerprint density at radius 1 is 1.10 bits per heavy atom. The van der Waals surface area contributed by atoms with Gasteiger partial charge in [0.15, 0.2) is 5.60 Å². The van der Waals surface area contributed by atoms with Crippen LogP contribution in [0.1, 0.15) is 30.0 Å². The molecule has 0 saturated carbocycles. The summed E-state index contributed by atoms with van der Waals surface area (Å²) < 4.78 is 24.0. The smallest absolute Gasteiger partial charge is 0.268 e. The van der Waals surface area contributed by atoms with E-state index in [1.54, 1.807) is 22.9 Å². The highest BCUT2D eigenvalue weighted by molar-refractivity contribution is 14.1. The maximum Gasteiger partial charge on any atom is 0.268 e. The first-order valence-corrected chi connectivity index (χ1v) is 18.1. The zero-order valence-electron chi connectivity index (χ0n) is 23.4. The van der Waals surface area contributed by atoms with Crippen LogP contribution in [0.3, 0.4) is 0 Å². The van der Waals surface area contributed by atoms with Crippen molar-refractivity contribution in [2.24, 2.45) is 5.92 Å². The molecule has 41 heavy (non-hydrogen) atoms. The molecule has 1 spiro atoms. The van der Waals surface area contributed by atoms with E-state index in [0.29, 0.717) is 13.0 Å². The van der Waals surface area contributed by atoms with E-state index in [-0.39, 0.29) is 30.9 Å². The number of hydrogen-bond donors (Lipinski definition) is 1. The number of halogens is 2. The molecule has 5 atom stereocenters. The molecule has 3 heterocycles. The molecule has 3 aromatic carbocycles. The first kappa shape index (κ1) is 28.5. The summed E-state index contributed by atoms with van der Waals surface area (Å²) in [7, 11) is -3.43. The Labute approximate surface area is 254 Å². The van der Waals surface area contributed by atoms with Gasteiger partial charge in [0.1, 0.15) is 0 Å². The number of aliphatic hydroxyl groups excluding tert-OH is 1. The molecule has 1 fully saturated rings. The number of ether oxygens (including phenoxy) is 1. The molecule has 214 valence electrons. The predicted octanol–water partition coefficient (Wildman–Crippen LogP) is 6.08. The summed E-state index contributed by atoms with van der Waals surface area (Å²) in [6.45, 7) is 5.43. The van der Waals surface area contributed by atoms with Crippen LogP contribution in [0.15, 0.2) is 72.8 Å². The van der Waals surface area contributed by atoms with Crippen molar-refractivity contribution in [1.82, 2.24) is 4.90 Å². The van der Waals surface area contributed by atoms with E-state index in [2.05, 4.69) is 22.6 Å². The minimum absolute atomic E-state index is 0.0480. The fraction of sp³-hybridized carbons (Fsp3) is 0.375. The van der Waals surface area contributed by atoms with E-state index in [9.17, 15) is 14.7 Å². The van der Waals surface area contributed by atoms with Crippen LogP contribution < -0.4 is 4.90 Å². The van der Waals surface area contributed by atoms with Gasteiger partial charge in [-0.05, 0) is 83.6 Å². The van der Waals surface area contributed by atoms with Crippen LogP contribution in [0.5, 0.6) is 0 Å². The average molecular weight is 685 g/mol.